The normalized spacial score (nSPS) is 12.0. The standard InChI is InChI=1S/C13H31NO3Si/c1-4-15-18(16-5-2,17-6-3)13-11-9-7-8-10-12-14/h4-14H2,1-3H3. The number of hydrogen-bond acceptors (Lipinski definition) is 4. The number of nitrogens with two attached hydrogens (primary N) is 1. The van der Waals surface area contributed by atoms with Crippen LogP contribution in [0.3, 0.4) is 0 Å². The van der Waals surface area contributed by atoms with E-state index in [0.717, 1.165) is 25.4 Å². The van der Waals surface area contributed by atoms with E-state index in [2.05, 4.69) is 0 Å². The molecule has 0 spiro atoms. The quantitative estimate of drug-likeness (QED) is 0.415. The highest BCUT2D eigenvalue weighted by Crippen LogP contribution is 2.20. The maximum absolute atomic E-state index is 5.81. The molecule has 2 N–H and O–H groups in total. The summed E-state index contributed by atoms with van der Waals surface area (Å²) in [7, 11) is -2.39. The average Bonchev–Trinajstić information content (AvgIpc) is 2.35. The Kier molecular flexibility index (Phi) is 12.1. The van der Waals surface area contributed by atoms with Crippen molar-refractivity contribution >= 4 is 8.80 Å². The number of unbranched alkanes of at least 4 members (excludes halogenated alkanes) is 4. The van der Waals surface area contributed by atoms with Crippen LogP contribution in [0.25, 0.3) is 0 Å². The van der Waals surface area contributed by atoms with E-state index in [9.17, 15) is 0 Å². The summed E-state index contributed by atoms with van der Waals surface area (Å²) < 4.78 is 17.4. The van der Waals surface area contributed by atoms with Crippen molar-refractivity contribution in [3.8, 4) is 0 Å². The van der Waals surface area contributed by atoms with E-state index in [4.69, 9.17) is 19.0 Å². The SMILES string of the molecule is CCO[Si](CCCCCCCN)(OCC)OCC. The first-order valence-corrected chi connectivity index (χ1v) is 9.29. The van der Waals surface area contributed by atoms with Gasteiger partial charge in [-0.3, -0.25) is 0 Å². The summed E-state index contributed by atoms with van der Waals surface area (Å²) in [6.45, 7) is 8.80. The summed E-state index contributed by atoms with van der Waals surface area (Å²) >= 11 is 0. The van der Waals surface area contributed by atoms with Crippen LogP contribution in [0.1, 0.15) is 52.9 Å². The molecule has 0 aromatic heterocycles. The van der Waals surface area contributed by atoms with Gasteiger partial charge in [0.2, 0.25) is 0 Å². The Labute approximate surface area is 114 Å². The zero-order chi connectivity index (χ0) is 13.7. The molecule has 18 heavy (non-hydrogen) atoms. The van der Waals surface area contributed by atoms with E-state index >= 15 is 0 Å². The molecule has 0 aliphatic carbocycles. The van der Waals surface area contributed by atoms with Crippen LogP contribution in [0.2, 0.25) is 6.04 Å². The fraction of sp³-hybridized carbons (Fsp3) is 1.00. The first kappa shape index (κ1) is 18.1. The van der Waals surface area contributed by atoms with Crippen molar-refractivity contribution in [1.82, 2.24) is 0 Å². The molecule has 0 aliphatic heterocycles. The maximum Gasteiger partial charge on any atom is 0.500 e. The zero-order valence-electron chi connectivity index (χ0n) is 12.4. The van der Waals surface area contributed by atoms with Crippen LogP contribution in [0.5, 0.6) is 0 Å². The number of rotatable bonds is 13. The minimum Gasteiger partial charge on any atom is -0.374 e. The van der Waals surface area contributed by atoms with Crippen molar-refractivity contribution in [1.29, 1.82) is 0 Å². The third kappa shape index (κ3) is 8.21. The number of hydrogen-bond donors (Lipinski definition) is 1. The second kappa shape index (κ2) is 12.1. The van der Waals surface area contributed by atoms with Crippen LogP contribution in [0, 0.1) is 0 Å². The van der Waals surface area contributed by atoms with Crippen LogP contribution < -0.4 is 5.73 Å². The van der Waals surface area contributed by atoms with Gasteiger partial charge in [0.15, 0.2) is 0 Å². The van der Waals surface area contributed by atoms with Crippen LogP contribution in [-0.2, 0) is 13.3 Å². The van der Waals surface area contributed by atoms with Crippen molar-refractivity contribution in [2.75, 3.05) is 26.4 Å². The maximum atomic E-state index is 5.81. The molecule has 0 aromatic rings. The molecule has 0 bridgehead atoms. The lowest BCUT2D eigenvalue weighted by Gasteiger charge is -2.28. The third-order valence-corrected chi connectivity index (χ3v) is 5.93. The smallest absolute Gasteiger partial charge is 0.374 e. The fourth-order valence-electron chi connectivity index (χ4n) is 2.02. The van der Waals surface area contributed by atoms with Crippen LogP contribution in [0.15, 0.2) is 0 Å². The largest absolute Gasteiger partial charge is 0.500 e. The first-order valence-electron chi connectivity index (χ1n) is 7.36. The Balaban J connectivity index is 3.97. The highest BCUT2D eigenvalue weighted by molar-refractivity contribution is 6.60. The predicted octanol–water partition coefficient (Wildman–Crippen LogP) is 2.94. The molecule has 0 radical (unpaired) electrons. The van der Waals surface area contributed by atoms with Crippen molar-refractivity contribution in [3.63, 3.8) is 0 Å². The van der Waals surface area contributed by atoms with Gasteiger partial charge in [-0.25, -0.2) is 0 Å². The average molecular weight is 277 g/mol. The molecule has 0 aliphatic rings. The molecule has 0 unspecified atom stereocenters. The summed E-state index contributed by atoms with van der Waals surface area (Å²) in [6, 6.07) is 0.936. The molecule has 0 aromatic carbocycles. The molecule has 5 heteroatoms. The van der Waals surface area contributed by atoms with E-state index in [-0.39, 0.29) is 0 Å². The van der Waals surface area contributed by atoms with Gasteiger partial charge in [-0.2, -0.15) is 0 Å². The third-order valence-electron chi connectivity index (χ3n) is 2.78. The fourth-order valence-corrected chi connectivity index (χ4v) is 4.70. The van der Waals surface area contributed by atoms with E-state index in [0.29, 0.717) is 19.8 Å². The zero-order valence-corrected chi connectivity index (χ0v) is 13.4. The lowest BCUT2D eigenvalue weighted by atomic mass is 10.2. The summed E-state index contributed by atoms with van der Waals surface area (Å²) in [5.74, 6) is 0. The monoisotopic (exact) mass is 277 g/mol. The molecule has 0 saturated heterocycles. The summed E-state index contributed by atoms with van der Waals surface area (Å²) in [5, 5.41) is 0. The molecule has 0 heterocycles. The van der Waals surface area contributed by atoms with Crippen molar-refractivity contribution < 1.29 is 13.3 Å². The van der Waals surface area contributed by atoms with E-state index in [1.165, 1.54) is 19.3 Å². The molecule has 0 rings (SSSR count). The highest BCUT2D eigenvalue weighted by Gasteiger charge is 2.39. The minimum absolute atomic E-state index is 0.666. The molecule has 0 amide bonds. The van der Waals surface area contributed by atoms with Crippen LogP contribution in [-0.4, -0.2) is 35.2 Å². The van der Waals surface area contributed by atoms with Crippen LogP contribution >= 0.6 is 0 Å². The Morgan fingerprint density at radius 1 is 0.722 bits per heavy atom. The predicted molar refractivity (Wildman–Crippen MR) is 77.6 cm³/mol. The highest BCUT2D eigenvalue weighted by atomic mass is 28.4. The molecular formula is C13H31NO3Si. The van der Waals surface area contributed by atoms with Gasteiger partial charge in [0.25, 0.3) is 0 Å². The van der Waals surface area contributed by atoms with Gasteiger partial charge in [-0.1, -0.05) is 19.3 Å². The minimum atomic E-state index is -2.39. The second-order valence-corrected chi connectivity index (χ2v) is 7.02. The molecule has 0 atom stereocenters. The van der Waals surface area contributed by atoms with Crippen molar-refractivity contribution in [2.24, 2.45) is 5.73 Å². The molecule has 4 nitrogen and oxygen atoms in total. The van der Waals surface area contributed by atoms with Gasteiger partial charge >= 0.3 is 8.80 Å². The van der Waals surface area contributed by atoms with Gasteiger partial charge in [0.1, 0.15) is 0 Å². The first-order chi connectivity index (χ1) is 8.74. The van der Waals surface area contributed by atoms with Gasteiger partial charge in [0.05, 0.1) is 0 Å². The van der Waals surface area contributed by atoms with Gasteiger partial charge in [-0.15, -0.1) is 0 Å². The summed E-state index contributed by atoms with van der Waals surface area (Å²) in [4.78, 5) is 0. The molecule has 110 valence electrons. The van der Waals surface area contributed by atoms with E-state index in [1.807, 2.05) is 20.8 Å². The Morgan fingerprint density at radius 2 is 1.17 bits per heavy atom. The van der Waals surface area contributed by atoms with Gasteiger partial charge in [0, 0.05) is 25.9 Å². The Morgan fingerprint density at radius 3 is 1.61 bits per heavy atom. The molecule has 0 fully saturated rings. The second-order valence-electron chi connectivity index (χ2n) is 4.29. The molecule has 0 saturated carbocycles. The molecular weight excluding hydrogens is 246 g/mol. The van der Waals surface area contributed by atoms with Crippen molar-refractivity contribution in [2.45, 2.75) is 58.9 Å². The van der Waals surface area contributed by atoms with E-state index < -0.39 is 8.80 Å². The summed E-state index contributed by atoms with van der Waals surface area (Å²) in [6.07, 6.45) is 5.93. The summed E-state index contributed by atoms with van der Waals surface area (Å²) in [5.41, 5.74) is 5.48. The lowest BCUT2D eigenvalue weighted by Crippen LogP contribution is -2.45. The Hall–Kier alpha value is 0.0569. The van der Waals surface area contributed by atoms with E-state index in [1.54, 1.807) is 0 Å². The van der Waals surface area contributed by atoms with Gasteiger partial charge in [-0.05, 0) is 40.2 Å². The lowest BCUT2D eigenvalue weighted by molar-refractivity contribution is 0.0706. The van der Waals surface area contributed by atoms with Crippen LogP contribution in [0.4, 0.5) is 0 Å². The topological polar surface area (TPSA) is 53.7 Å². The van der Waals surface area contributed by atoms with Crippen molar-refractivity contribution in [3.05, 3.63) is 0 Å². The Bertz CT molecular complexity index is 165. The van der Waals surface area contributed by atoms with Gasteiger partial charge < -0.3 is 19.0 Å².